The average molecular weight is 332 g/mol. The molecule has 1 fully saturated rings. The molecule has 0 spiro atoms. The summed E-state index contributed by atoms with van der Waals surface area (Å²) in [6.45, 7) is 1.93. The third-order valence-electron chi connectivity index (χ3n) is 4.49. The van der Waals surface area contributed by atoms with E-state index in [9.17, 15) is 14.3 Å². The van der Waals surface area contributed by atoms with Gasteiger partial charge in [-0.15, -0.1) is 0 Å². The average Bonchev–Trinajstić information content (AvgIpc) is 3.06. The molecule has 1 aromatic carbocycles. The summed E-state index contributed by atoms with van der Waals surface area (Å²) >= 11 is 0. The molecule has 0 radical (unpaired) electrons. The van der Waals surface area contributed by atoms with Gasteiger partial charge in [-0.3, -0.25) is 14.8 Å². The van der Waals surface area contributed by atoms with Crippen LogP contribution in [0.5, 0.6) is 0 Å². The van der Waals surface area contributed by atoms with Crippen molar-refractivity contribution >= 4 is 5.91 Å². The normalized spacial score (nSPS) is 20.0. The Morgan fingerprint density at radius 3 is 3.00 bits per heavy atom. The van der Waals surface area contributed by atoms with Gasteiger partial charge < -0.3 is 10.8 Å². The molecule has 2 heterocycles. The first-order chi connectivity index (χ1) is 11.5. The number of nitrogens with two attached hydrogens (primary N) is 1. The number of aliphatic hydroxyl groups excluding tert-OH is 1. The summed E-state index contributed by atoms with van der Waals surface area (Å²) in [7, 11) is 0. The molecular formula is C17H21FN4O2. The number of benzene rings is 1. The van der Waals surface area contributed by atoms with Gasteiger partial charge in [-0.25, -0.2) is 4.39 Å². The SMILES string of the molecule is NC(=O)c1cc([C@@H]2CCCN(C[C@H](O)c3ccccc3F)C2)[nH]n1. The van der Waals surface area contributed by atoms with Gasteiger partial charge in [-0.05, 0) is 31.5 Å². The second kappa shape index (κ2) is 7.11. The number of β-amino-alcohol motifs (C(OH)–C–C–N with tert-alkyl or cyclic N) is 1. The second-order valence-corrected chi connectivity index (χ2v) is 6.21. The number of H-pyrrole nitrogens is 1. The molecule has 0 saturated carbocycles. The number of halogens is 1. The van der Waals surface area contributed by atoms with Crippen LogP contribution in [0.2, 0.25) is 0 Å². The molecule has 4 N–H and O–H groups in total. The molecule has 7 heteroatoms. The number of carbonyl (C=O) groups is 1. The highest BCUT2D eigenvalue weighted by Gasteiger charge is 2.25. The highest BCUT2D eigenvalue weighted by molar-refractivity contribution is 5.90. The van der Waals surface area contributed by atoms with Gasteiger partial charge in [-0.1, -0.05) is 18.2 Å². The van der Waals surface area contributed by atoms with Gasteiger partial charge in [0.15, 0.2) is 0 Å². The lowest BCUT2D eigenvalue weighted by Gasteiger charge is -2.33. The molecule has 3 rings (SSSR count). The fourth-order valence-electron chi connectivity index (χ4n) is 3.24. The molecule has 1 aliphatic rings. The lowest BCUT2D eigenvalue weighted by atomic mass is 9.94. The maximum atomic E-state index is 13.8. The number of nitrogens with zero attached hydrogens (tertiary/aromatic N) is 2. The van der Waals surface area contributed by atoms with E-state index in [1.54, 1.807) is 24.3 Å². The van der Waals surface area contributed by atoms with Crippen molar-refractivity contribution in [1.82, 2.24) is 15.1 Å². The van der Waals surface area contributed by atoms with E-state index in [1.807, 2.05) is 0 Å². The number of rotatable bonds is 5. The van der Waals surface area contributed by atoms with Crippen molar-refractivity contribution in [3.63, 3.8) is 0 Å². The summed E-state index contributed by atoms with van der Waals surface area (Å²) in [5.74, 6) is -0.759. The number of hydrogen-bond acceptors (Lipinski definition) is 4. The molecule has 0 aliphatic carbocycles. The van der Waals surface area contributed by atoms with Crippen molar-refractivity contribution in [2.24, 2.45) is 5.73 Å². The van der Waals surface area contributed by atoms with Crippen molar-refractivity contribution in [2.75, 3.05) is 19.6 Å². The standard InChI is InChI=1S/C17H21FN4O2/c18-13-6-2-1-5-12(13)16(23)10-22-7-3-4-11(9-22)14-8-15(17(19)24)21-20-14/h1-2,5-6,8,11,16,23H,3-4,7,9-10H2,(H2,19,24)(H,20,21)/t11-,16+/m1/s1. The predicted molar refractivity (Wildman–Crippen MR) is 86.9 cm³/mol. The number of primary amides is 1. The molecule has 6 nitrogen and oxygen atoms in total. The third-order valence-corrected chi connectivity index (χ3v) is 4.49. The molecule has 24 heavy (non-hydrogen) atoms. The molecule has 2 aromatic rings. The quantitative estimate of drug-likeness (QED) is 0.774. The highest BCUT2D eigenvalue weighted by atomic mass is 19.1. The number of aromatic nitrogens is 2. The van der Waals surface area contributed by atoms with Crippen LogP contribution in [0.15, 0.2) is 30.3 Å². The molecule has 1 aromatic heterocycles. The van der Waals surface area contributed by atoms with Crippen LogP contribution >= 0.6 is 0 Å². The van der Waals surface area contributed by atoms with Gasteiger partial charge in [0, 0.05) is 30.3 Å². The minimum atomic E-state index is -0.868. The Hall–Kier alpha value is -2.25. The zero-order chi connectivity index (χ0) is 17.1. The maximum absolute atomic E-state index is 13.8. The monoisotopic (exact) mass is 332 g/mol. The van der Waals surface area contributed by atoms with Crippen molar-refractivity contribution in [3.05, 3.63) is 53.1 Å². The smallest absolute Gasteiger partial charge is 0.269 e. The van der Waals surface area contributed by atoms with Gasteiger partial charge >= 0.3 is 0 Å². The summed E-state index contributed by atoms with van der Waals surface area (Å²) in [6, 6.07) is 7.97. The number of aliphatic hydroxyl groups is 1. The van der Waals surface area contributed by atoms with E-state index in [0.29, 0.717) is 18.7 Å². The lowest BCUT2D eigenvalue weighted by molar-refractivity contribution is 0.0926. The van der Waals surface area contributed by atoms with E-state index in [0.717, 1.165) is 25.1 Å². The fraction of sp³-hybridized carbons (Fsp3) is 0.412. The summed E-state index contributed by atoms with van der Waals surface area (Å²) in [5, 5.41) is 17.1. The predicted octanol–water partition coefficient (Wildman–Crippen LogP) is 1.56. The van der Waals surface area contributed by atoms with Crippen molar-refractivity contribution in [1.29, 1.82) is 0 Å². The molecule has 1 amide bonds. The van der Waals surface area contributed by atoms with Crippen LogP contribution < -0.4 is 5.73 Å². The summed E-state index contributed by atoms with van der Waals surface area (Å²) in [5.41, 5.74) is 6.64. The Balaban J connectivity index is 1.65. The zero-order valence-electron chi connectivity index (χ0n) is 13.3. The van der Waals surface area contributed by atoms with Crippen LogP contribution in [-0.2, 0) is 0 Å². The Labute approximate surface area is 139 Å². The van der Waals surface area contributed by atoms with Crippen LogP contribution in [0, 0.1) is 5.82 Å². The van der Waals surface area contributed by atoms with Crippen molar-refractivity contribution in [2.45, 2.75) is 24.9 Å². The second-order valence-electron chi connectivity index (χ2n) is 6.21. The van der Waals surface area contributed by atoms with Crippen molar-refractivity contribution < 1.29 is 14.3 Å². The molecular weight excluding hydrogens is 311 g/mol. The first-order valence-electron chi connectivity index (χ1n) is 8.04. The van der Waals surface area contributed by atoms with E-state index in [1.165, 1.54) is 6.07 Å². The number of amides is 1. The van der Waals surface area contributed by atoms with Gasteiger partial charge in [0.2, 0.25) is 0 Å². The fourth-order valence-corrected chi connectivity index (χ4v) is 3.24. The lowest BCUT2D eigenvalue weighted by Crippen LogP contribution is -2.37. The largest absolute Gasteiger partial charge is 0.387 e. The van der Waals surface area contributed by atoms with E-state index in [2.05, 4.69) is 15.1 Å². The molecule has 1 aliphatic heterocycles. The van der Waals surface area contributed by atoms with Crippen LogP contribution in [0.25, 0.3) is 0 Å². The Kier molecular flexibility index (Phi) is 4.92. The van der Waals surface area contributed by atoms with Crippen LogP contribution in [-0.4, -0.2) is 45.7 Å². The molecule has 1 saturated heterocycles. The molecule has 0 bridgehead atoms. The number of carbonyl (C=O) groups excluding carboxylic acids is 1. The number of hydrogen-bond donors (Lipinski definition) is 3. The summed E-state index contributed by atoms with van der Waals surface area (Å²) < 4.78 is 13.8. The first-order valence-corrected chi connectivity index (χ1v) is 8.04. The summed E-state index contributed by atoms with van der Waals surface area (Å²) in [4.78, 5) is 13.3. The van der Waals surface area contributed by atoms with Gasteiger partial charge in [0.05, 0.1) is 6.10 Å². The minimum Gasteiger partial charge on any atom is -0.387 e. The van der Waals surface area contributed by atoms with Crippen molar-refractivity contribution in [3.8, 4) is 0 Å². The number of likely N-dealkylation sites (tertiary alicyclic amines) is 1. The highest BCUT2D eigenvalue weighted by Crippen LogP contribution is 2.27. The summed E-state index contributed by atoms with van der Waals surface area (Å²) in [6.07, 6.45) is 1.06. The van der Waals surface area contributed by atoms with E-state index < -0.39 is 17.8 Å². The first kappa shape index (κ1) is 16.6. The van der Waals surface area contributed by atoms with Gasteiger partial charge in [-0.2, -0.15) is 5.10 Å². The zero-order valence-corrected chi connectivity index (χ0v) is 13.3. The topological polar surface area (TPSA) is 95.2 Å². The molecule has 2 atom stereocenters. The Morgan fingerprint density at radius 2 is 2.29 bits per heavy atom. The van der Waals surface area contributed by atoms with E-state index in [-0.39, 0.29) is 11.6 Å². The number of aromatic amines is 1. The Morgan fingerprint density at radius 1 is 1.50 bits per heavy atom. The van der Waals surface area contributed by atoms with Crippen LogP contribution in [0.1, 0.15) is 46.6 Å². The molecule has 128 valence electrons. The number of nitrogens with one attached hydrogen (secondary N) is 1. The number of piperidine rings is 1. The van der Waals surface area contributed by atoms with Gasteiger partial charge in [0.25, 0.3) is 5.91 Å². The van der Waals surface area contributed by atoms with Crippen LogP contribution in [0.3, 0.4) is 0 Å². The van der Waals surface area contributed by atoms with E-state index in [4.69, 9.17) is 5.73 Å². The third kappa shape index (κ3) is 3.63. The maximum Gasteiger partial charge on any atom is 0.269 e. The van der Waals surface area contributed by atoms with E-state index >= 15 is 0 Å². The minimum absolute atomic E-state index is 0.187. The molecule has 0 unspecified atom stereocenters. The van der Waals surface area contributed by atoms with Gasteiger partial charge in [0.1, 0.15) is 11.5 Å². The van der Waals surface area contributed by atoms with Crippen LogP contribution in [0.4, 0.5) is 4.39 Å². The Bertz CT molecular complexity index is 718.